The summed E-state index contributed by atoms with van der Waals surface area (Å²) < 4.78 is 11.1. The average molecular weight is 608 g/mol. The molecule has 1 aromatic carbocycles. The Kier molecular flexibility index (Phi) is 9.06. The number of esters is 2. The Labute approximate surface area is 259 Å². The van der Waals surface area contributed by atoms with E-state index >= 15 is 0 Å². The van der Waals surface area contributed by atoms with Crippen LogP contribution < -0.4 is 5.32 Å². The molecule has 0 aliphatic heterocycles. The second kappa shape index (κ2) is 12.5. The molecule has 5 rings (SSSR count). The molecule has 0 heterocycles. The van der Waals surface area contributed by atoms with Crippen LogP contribution in [0.5, 0.6) is 5.75 Å². The van der Waals surface area contributed by atoms with E-state index in [9.17, 15) is 29.1 Å². The van der Waals surface area contributed by atoms with Gasteiger partial charge in [-0.05, 0) is 92.4 Å². The van der Waals surface area contributed by atoms with E-state index in [0.29, 0.717) is 18.8 Å². The lowest BCUT2D eigenvalue weighted by molar-refractivity contribution is -0.182. The summed E-state index contributed by atoms with van der Waals surface area (Å²) in [7, 11) is 1.24. The minimum Gasteiger partial charge on any atom is -0.508 e. The van der Waals surface area contributed by atoms with Crippen LogP contribution in [0.15, 0.2) is 35.9 Å². The SMILES string of the molecule is COC(=O)[C@H](Cc1ccc(O)cc1)NC(=O)CCC(=O)OC1C[C@H]2[C@@H](CCC3=CC(=O)CC[C@@]32C)[C@@H]2CC[C@H](C(C)=O)[C@@]12C. The van der Waals surface area contributed by atoms with Crippen molar-refractivity contribution < 1.29 is 38.6 Å². The number of ether oxygens (including phenoxy) is 2. The van der Waals surface area contributed by atoms with Gasteiger partial charge in [-0.3, -0.25) is 19.2 Å². The first kappa shape index (κ1) is 31.9. The molecule has 44 heavy (non-hydrogen) atoms. The van der Waals surface area contributed by atoms with Gasteiger partial charge in [0.2, 0.25) is 5.91 Å². The van der Waals surface area contributed by atoms with Gasteiger partial charge >= 0.3 is 11.9 Å². The summed E-state index contributed by atoms with van der Waals surface area (Å²) in [6.45, 7) is 6.03. The number of carbonyl (C=O) groups excluding carboxylic acids is 5. The summed E-state index contributed by atoms with van der Waals surface area (Å²) in [5.74, 6) is -0.467. The summed E-state index contributed by atoms with van der Waals surface area (Å²) >= 11 is 0. The van der Waals surface area contributed by atoms with Gasteiger partial charge in [0.15, 0.2) is 5.78 Å². The second-order valence-corrected chi connectivity index (χ2v) is 13.8. The minimum absolute atomic E-state index is 0.0927. The maximum absolute atomic E-state index is 13.3. The van der Waals surface area contributed by atoms with E-state index in [0.717, 1.165) is 37.7 Å². The average Bonchev–Trinajstić information content (AvgIpc) is 3.36. The van der Waals surface area contributed by atoms with Gasteiger partial charge in [0.1, 0.15) is 23.7 Å². The number of phenols is 1. The van der Waals surface area contributed by atoms with Crippen molar-refractivity contribution in [2.75, 3.05) is 7.11 Å². The molecule has 9 heteroatoms. The number of nitrogens with one attached hydrogen (secondary N) is 1. The maximum atomic E-state index is 13.3. The maximum Gasteiger partial charge on any atom is 0.328 e. The first-order valence-corrected chi connectivity index (χ1v) is 16.0. The highest BCUT2D eigenvalue weighted by molar-refractivity contribution is 5.91. The van der Waals surface area contributed by atoms with Crippen LogP contribution in [0, 0.1) is 34.5 Å². The summed E-state index contributed by atoms with van der Waals surface area (Å²) in [5, 5.41) is 12.2. The molecule has 1 amide bonds. The Hall–Kier alpha value is -3.49. The van der Waals surface area contributed by atoms with Crippen molar-refractivity contribution in [3.63, 3.8) is 0 Å². The molecule has 9 nitrogen and oxygen atoms in total. The first-order valence-electron chi connectivity index (χ1n) is 16.0. The standard InChI is InChI=1S/C35H45NO8/c1-20(37)26-11-12-27-25-10-7-22-18-24(39)15-16-34(22,2)28(25)19-30(35(26,27)3)44-32(41)14-13-31(40)36-29(33(42)43-4)17-21-5-8-23(38)9-6-21/h5-6,8-9,18,25-30,38H,7,10-17,19H2,1-4H3,(H,36,40)/t25-,26+,27-,28-,29-,30?,34-,35+/m0/s1. The van der Waals surface area contributed by atoms with Crippen molar-refractivity contribution >= 4 is 29.4 Å². The van der Waals surface area contributed by atoms with E-state index in [1.807, 2.05) is 6.08 Å². The van der Waals surface area contributed by atoms with E-state index < -0.39 is 35.4 Å². The van der Waals surface area contributed by atoms with Gasteiger partial charge in [0, 0.05) is 30.6 Å². The number of fused-ring (bicyclic) bond motifs is 5. The van der Waals surface area contributed by atoms with Crippen molar-refractivity contribution in [1.82, 2.24) is 5.32 Å². The van der Waals surface area contributed by atoms with Gasteiger partial charge in [-0.25, -0.2) is 4.79 Å². The molecule has 3 saturated carbocycles. The molecule has 0 spiro atoms. The van der Waals surface area contributed by atoms with Crippen LogP contribution in [0.4, 0.5) is 0 Å². The highest BCUT2D eigenvalue weighted by atomic mass is 16.5. The number of hydrogen-bond acceptors (Lipinski definition) is 8. The molecule has 1 aromatic rings. The third-order valence-electron chi connectivity index (χ3n) is 11.6. The zero-order chi connectivity index (χ0) is 31.8. The van der Waals surface area contributed by atoms with Crippen LogP contribution in [0.2, 0.25) is 0 Å². The van der Waals surface area contributed by atoms with E-state index in [1.165, 1.54) is 24.8 Å². The number of allylic oxidation sites excluding steroid dienone is 1. The van der Waals surface area contributed by atoms with Gasteiger partial charge in [-0.15, -0.1) is 0 Å². The van der Waals surface area contributed by atoms with Crippen molar-refractivity contribution in [1.29, 1.82) is 0 Å². The van der Waals surface area contributed by atoms with Crippen molar-refractivity contribution in [3.8, 4) is 5.75 Å². The van der Waals surface area contributed by atoms with Crippen molar-refractivity contribution in [2.45, 2.75) is 97.1 Å². The first-order chi connectivity index (χ1) is 20.9. The molecule has 0 aromatic heterocycles. The minimum atomic E-state index is -0.950. The fourth-order valence-electron chi connectivity index (χ4n) is 9.24. The number of hydrogen-bond donors (Lipinski definition) is 2. The molecule has 238 valence electrons. The number of amides is 1. The van der Waals surface area contributed by atoms with Gasteiger partial charge in [0.05, 0.1) is 13.5 Å². The van der Waals surface area contributed by atoms with Crippen molar-refractivity contribution in [3.05, 3.63) is 41.5 Å². The van der Waals surface area contributed by atoms with Crippen molar-refractivity contribution in [2.24, 2.45) is 34.5 Å². The Morgan fingerprint density at radius 3 is 2.43 bits per heavy atom. The molecule has 0 saturated heterocycles. The van der Waals surface area contributed by atoms with E-state index in [-0.39, 0.29) is 59.7 Å². The molecule has 0 bridgehead atoms. The molecular weight excluding hydrogens is 562 g/mol. The van der Waals surface area contributed by atoms with E-state index in [4.69, 9.17) is 9.47 Å². The molecule has 2 N–H and O–H groups in total. The number of ketones is 2. The molecule has 0 radical (unpaired) electrons. The van der Waals surface area contributed by atoms with Crippen LogP contribution in [0.25, 0.3) is 0 Å². The van der Waals surface area contributed by atoms with Gasteiger partial charge < -0.3 is 19.9 Å². The smallest absolute Gasteiger partial charge is 0.328 e. The van der Waals surface area contributed by atoms with Crippen LogP contribution >= 0.6 is 0 Å². The summed E-state index contributed by atoms with van der Waals surface area (Å²) in [5.41, 5.74) is 1.34. The molecular formula is C35H45NO8. The zero-order valence-electron chi connectivity index (χ0n) is 26.2. The van der Waals surface area contributed by atoms with Crippen LogP contribution in [-0.4, -0.2) is 53.8 Å². The van der Waals surface area contributed by atoms with Gasteiger partial charge in [0.25, 0.3) is 0 Å². The quantitative estimate of drug-likeness (QED) is 0.388. The topological polar surface area (TPSA) is 136 Å². The Balaban J connectivity index is 1.28. The number of carbonyl (C=O) groups is 5. The predicted molar refractivity (Wildman–Crippen MR) is 161 cm³/mol. The summed E-state index contributed by atoms with van der Waals surface area (Å²) in [6.07, 6.45) is 6.78. The molecule has 3 fully saturated rings. The number of methoxy groups -OCH3 is 1. The number of rotatable bonds is 9. The van der Waals surface area contributed by atoms with Gasteiger partial charge in [-0.2, -0.15) is 0 Å². The third kappa shape index (κ3) is 5.94. The zero-order valence-corrected chi connectivity index (χ0v) is 26.2. The van der Waals surface area contributed by atoms with Crippen LogP contribution in [-0.2, 0) is 39.9 Å². The fourth-order valence-corrected chi connectivity index (χ4v) is 9.24. The molecule has 4 aliphatic rings. The lowest BCUT2D eigenvalue weighted by atomic mass is 9.46. The van der Waals surface area contributed by atoms with Gasteiger partial charge in [-0.1, -0.05) is 31.6 Å². The lowest BCUT2D eigenvalue weighted by Gasteiger charge is -2.60. The predicted octanol–water partition coefficient (Wildman–Crippen LogP) is 4.63. The van der Waals surface area contributed by atoms with E-state index in [2.05, 4.69) is 19.2 Å². The summed E-state index contributed by atoms with van der Waals surface area (Å²) in [6, 6.07) is 5.37. The number of benzene rings is 1. The highest BCUT2D eigenvalue weighted by Crippen LogP contribution is 2.67. The molecule has 4 aliphatic carbocycles. The normalized spacial score (nSPS) is 33.1. The Morgan fingerprint density at radius 2 is 1.75 bits per heavy atom. The van der Waals surface area contributed by atoms with E-state index in [1.54, 1.807) is 19.1 Å². The third-order valence-corrected chi connectivity index (χ3v) is 11.6. The monoisotopic (exact) mass is 607 g/mol. The second-order valence-electron chi connectivity index (χ2n) is 13.8. The molecule has 1 unspecified atom stereocenters. The summed E-state index contributed by atoms with van der Waals surface area (Å²) in [4.78, 5) is 63.7. The number of phenolic OH excluding ortho intramolecular Hbond substituents is 1. The number of Topliss-reactive ketones (excluding diaryl/α,β-unsaturated/α-hetero) is 1. The fraction of sp³-hybridized carbons (Fsp3) is 0.629. The highest BCUT2D eigenvalue weighted by Gasteiger charge is 2.64. The lowest BCUT2D eigenvalue weighted by Crippen LogP contribution is -2.58. The van der Waals surface area contributed by atoms with Crippen LogP contribution in [0.3, 0.4) is 0 Å². The Bertz CT molecular complexity index is 1350. The van der Waals surface area contributed by atoms with Crippen LogP contribution in [0.1, 0.15) is 84.1 Å². The Morgan fingerprint density at radius 1 is 1.02 bits per heavy atom. The molecule has 8 atom stereocenters. The largest absolute Gasteiger partial charge is 0.508 e. The number of aromatic hydroxyl groups is 1.